The molecule has 1 aliphatic carbocycles. The van der Waals surface area contributed by atoms with Gasteiger partial charge in [0.2, 0.25) is 0 Å². The Morgan fingerprint density at radius 1 is 1.28 bits per heavy atom. The summed E-state index contributed by atoms with van der Waals surface area (Å²) in [7, 11) is 1.23. The number of hydrogen-bond acceptors (Lipinski definition) is 6. The Morgan fingerprint density at radius 2 is 1.97 bits per heavy atom. The van der Waals surface area contributed by atoms with Gasteiger partial charge in [-0.05, 0) is 32.3 Å². The molecule has 0 spiro atoms. The molecule has 1 N–H and O–H groups in total. The lowest BCUT2D eigenvalue weighted by Gasteiger charge is -2.38. The molecule has 2 aliphatic rings. The van der Waals surface area contributed by atoms with E-state index in [1.54, 1.807) is 32.9 Å². The second kappa shape index (κ2) is 8.19. The van der Waals surface area contributed by atoms with E-state index in [4.69, 9.17) is 9.47 Å². The van der Waals surface area contributed by atoms with Gasteiger partial charge in [0, 0.05) is 22.5 Å². The van der Waals surface area contributed by atoms with Crippen LogP contribution in [0.2, 0.25) is 0 Å². The molecular formula is C22H24FNO5. The largest absolute Gasteiger partial charge is 0.468 e. The van der Waals surface area contributed by atoms with Gasteiger partial charge in [-0.25, -0.2) is 9.18 Å². The first-order valence-corrected chi connectivity index (χ1v) is 9.56. The van der Waals surface area contributed by atoms with Crippen molar-refractivity contribution in [3.63, 3.8) is 0 Å². The molecule has 0 amide bonds. The van der Waals surface area contributed by atoms with Gasteiger partial charge in [-0.1, -0.05) is 25.1 Å². The molecular weight excluding hydrogens is 377 g/mol. The minimum absolute atomic E-state index is 0.140. The van der Waals surface area contributed by atoms with Crippen molar-refractivity contribution in [3.05, 3.63) is 58.2 Å². The molecule has 29 heavy (non-hydrogen) atoms. The van der Waals surface area contributed by atoms with Crippen LogP contribution in [0.15, 0.2) is 46.8 Å². The van der Waals surface area contributed by atoms with Crippen LogP contribution in [0.4, 0.5) is 4.39 Å². The highest BCUT2D eigenvalue weighted by Gasteiger charge is 2.47. The monoisotopic (exact) mass is 401 g/mol. The van der Waals surface area contributed by atoms with Crippen molar-refractivity contribution in [2.45, 2.75) is 33.1 Å². The highest BCUT2D eigenvalue weighted by molar-refractivity contribution is 6.12. The number of allylic oxidation sites excluding steroid dienone is 3. The zero-order valence-corrected chi connectivity index (χ0v) is 16.9. The Labute approximate surface area is 168 Å². The number of benzene rings is 1. The van der Waals surface area contributed by atoms with Crippen molar-refractivity contribution in [2.75, 3.05) is 13.7 Å². The summed E-state index contributed by atoms with van der Waals surface area (Å²) in [5, 5.41) is 3.13. The Morgan fingerprint density at radius 3 is 2.59 bits per heavy atom. The lowest BCUT2D eigenvalue weighted by Crippen LogP contribution is -2.43. The summed E-state index contributed by atoms with van der Waals surface area (Å²) < 4.78 is 24.8. The summed E-state index contributed by atoms with van der Waals surface area (Å²) in [6.45, 7) is 5.31. The average Bonchev–Trinajstić information content (AvgIpc) is 2.67. The Balaban J connectivity index is 2.21. The molecule has 0 radical (unpaired) electrons. The van der Waals surface area contributed by atoms with Crippen LogP contribution in [-0.2, 0) is 23.9 Å². The standard InChI is InChI=1S/C22H24FNO5/c1-5-29-22(27)17-12(3)24-15-10-11(2)16(21(26)28-4)20(25)19(15)18(17)13-8-6-7-9-14(13)23/h6-9,11,16,18,24H,5,10H2,1-4H3/t11-,16-,18-/m1/s1. The topological polar surface area (TPSA) is 81.7 Å². The van der Waals surface area contributed by atoms with Crippen LogP contribution in [0.1, 0.15) is 38.7 Å². The van der Waals surface area contributed by atoms with Crippen LogP contribution in [0.3, 0.4) is 0 Å². The van der Waals surface area contributed by atoms with E-state index in [2.05, 4.69) is 5.32 Å². The van der Waals surface area contributed by atoms with Gasteiger partial charge in [-0.3, -0.25) is 9.59 Å². The minimum atomic E-state index is -1.00. The smallest absolute Gasteiger partial charge is 0.336 e. The van der Waals surface area contributed by atoms with Crippen molar-refractivity contribution < 1.29 is 28.2 Å². The second-order valence-corrected chi connectivity index (χ2v) is 7.28. The van der Waals surface area contributed by atoms with Gasteiger partial charge in [-0.15, -0.1) is 0 Å². The molecule has 3 rings (SSSR count). The number of methoxy groups -OCH3 is 1. The first kappa shape index (κ1) is 20.8. The van der Waals surface area contributed by atoms with Crippen molar-refractivity contribution >= 4 is 17.7 Å². The second-order valence-electron chi connectivity index (χ2n) is 7.28. The predicted octanol–water partition coefficient (Wildman–Crippen LogP) is 3.00. The van der Waals surface area contributed by atoms with Gasteiger partial charge >= 0.3 is 11.9 Å². The molecule has 0 saturated carbocycles. The van der Waals surface area contributed by atoms with Crippen molar-refractivity contribution in [3.8, 4) is 0 Å². The number of hydrogen-bond donors (Lipinski definition) is 1. The summed E-state index contributed by atoms with van der Waals surface area (Å²) >= 11 is 0. The quantitative estimate of drug-likeness (QED) is 0.617. The number of rotatable bonds is 4. The average molecular weight is 401 g/mol. The van der Waals surface area contributed by atoms with Gasteiger partial charge < -0.3 is 14.8 Å². The van der Waals surface area contributed by atoms with Crippen LogP contribution in [-0.4, -0.2) is 31.4 Å². The molecule has 6 nitrogen and oxygen atoms in total. The van der Waals surface area contributed by atoms with Gasteiger partial charge in [0.1, 0.15) is 11.7 Å². The maximum Gasteiger partial charge on any atom is 0.336 e. The number of nitrogens with one attached hydrogen (secondary N) is 1. The molecule has 0 bridgehead atoms. The van der Waals surface area contributed by atoms with Crippen LogP contribution in [0.5, 0.6) is 0 Å². The minimum Gasteiger partial charge on any atom is -0.468 e. The first-order valence-electron chi connectivity index (χ1n) is 9.56. The molecule has 0 unspecified atom stereocenters. The molecule has 1 aliphatic heterocycles. The molecule has 1 heterocycles. The summed E-state index contributed by atoms with van der Waals surface area (Å²) in [5.74, 6) is -4.51. The lowest BCUT2D eigenvalue weighted by atomic mass is 9.69. The zero-order chi connectivity index (χ0) is 21.3. The van der Waals surface area contributed by atoms with E-state index in [1.807, 2.05) is 0 Å². The van der Waals surface area contributed by atoms with Gasteiger partial charge in [0.05, 0.1) is 25.2 Å². The SMILES string of the molecule is CCOC(=O)C1=C(C)NC2=C(C(=O)[C@H](C(=O)OC)[C@H](C)C2)[C@@H]1c1ccccc1F. The number of esters is 2. The fourth-order valence-electron chi connectivity index (χ4n) is 4.18. The third kappa shape index (κ3) is 3.57. The summed E-state index contributed by atoms with van der Waals surface area (Å²) in [4.78, 5) is 38.4. The van der Waals surface area contributed by atoms with Gasteiger partial charge in [0.25, 0.3) is 0 Å². The van der Waals surface area contributed by atoms with Crippen molar-refractivity contribution in [1.29, 1.82) is 0 Å². The molecule has 3 atom stereocenters. The first-order chi connectivity index (χ1) is 13.8. The number of ketones is 1. The lowest BCUT2D eigenvalue weighted by molar-refractivity contribution is -0.151. The third-order valence-electron chi connectivity index (χ3n) is 5.45. The fourth-order valence-corrected chi connectivity index (χ4v) is 4.18. The highest BCUT2D eigenvalue weighted by atomic mass is 19.1. The molecule has 1 aromatic rings. The number of dihydropyridines is 1. The van der Waals surface area contributed by atoms with Crippen LogP contribution in [0, 0.1) is 17.7 Å². The normalized spacial score (nSPS) is 24.0. The summed E-state index contributed by atoms with van der Waals surface area (Å²) in [5.41, 5.74) is 1.68. The van der Waals surface area contributed by atoms with Crippen LogP contribution in [0.25, 0.3) is 0 Å². The maximum absolute atomic E-state index is 14.8. The zero-order valence-electron chi connectivity index (χ0n) is 16.9. The van der Waals surface area contributed by atoms with E-state index in [9.17, 15) is 18.8 Å². The Bertz CT molecular complexity index is 933. The number of Topliss-reactive ketones (excluding diaryl/α,β-unsaturated/α-hetero) is 1. The van der Waals surface area contributed by atoms with E-state index in [-0.39, 0.29) is 29.2 Å². The number of carbonyl (C=O) groups is 3. The summed E-state index contributed by atoms with van der Waals surface area (Å²) in [6.07, 6.45) is 0.402. The van der Waals surface area contributed by atoms with E-state index in [0.717, 1.165) is 0 Å². The molecule has 0 aromatic heterocycles. The number of carbonyl (C=O) groups excluding carboxylic acids is 3. The number of ether oxygens (including phenoxy) is 2. The molecule has 7 heteroatoms. The van der Waals surface area contributed by atoms with Crippen LogP contribution < -0.4 is 5.32 Å². The molecule has 154 valence electrons. The van der Waals surface area contributed by atoms with E-state index >= 15 is 0 Å². The van der Waals surface area contributed by atoms with E-state index in [0.29, 0.717) is 17.8 Å². The highest BCUT2D eigenvalue weighted by Crippen LogP contribution is 2.45. The van der Waals surface area contributed by atoms with E-state index in [1.165, 1.54) is 19.2 Å². The number of halogens is 1. The Hall–Kier alpha value is -2.96. The van der Waals surface area contributed by atoms with Crippen molar-refractivity contribution in [1.82, 2.24) is 5.32 Å². The van der Waals surface area contributed by atoms with Gasteiger partial charge in [0.15, 0.2) is 5.78 Å². The predicted molar refractivity (Wildman–Crippen MR) is 103 cm³/mol. The van der Waals surface area contributed by atoms with Gasteiger partial charge in [-0.2, -0.15) is 0 Å². The maximum atomic E-state index is 14.8. The third-order valence-corrected chi connectivity index (χ3v) is 5.45. The molecule has 1 aromatic carbocycles. The molecule has 0 saturated heterocycles. The van der Waals surface area contributed by atoms with E-state index < -0.39 is 35.4 Å². The Kier molecular flexibility index (Phi) is 5.86. The molecule has 0 fully saturated rings. The summed E-state index contributed by atoms with van der Waals surface area (Å²) in [6, 6.07) is 6.01. The fraction of sp³-hybridized carbons (Fsp3) is 0.409. The van der Waals surface area contributed by atoms with Crippen molar-refractivity contribution in [2.24, 2.45) is 11.8 Å². The van der Waals surface area contributed by atoms with Crippen LogP contribution >= 0.6 is 0 Å².